The Morgan fingerprint density at radius 1 is 1.14 bits per heavy atom. The molecule has 1 fully saturated rings. The van der Waals surface area contributed by atoms with Gasteiger partial charge >= 0.3 is 11.9 Å². The molecule has 0 amide bonds. The van der Waals surface area contributed by atoms with Gasteiger partial charge in [0, 0.05) is 0 Å². The highest BCUT2D eigenvalue weighted by molar-refractivity contribution is 5.98. The Bertz CT molecular complexity index is 210. The first-order valence-electron chi connectivity index (χ1n) is 4.46. The van der Waals surface area contributed by atoms with E-state index in [1.807, 2.05) is 6.92 Å². The Labute approximate surface area is 83.9 Å². The number of hydrogen-bond acceptors (Lipinski definition) is 2. The van der Waals surface area contributed by atoms with Gasteiger partial charge in [0.05, 0.1) is 0 Å². The van der Waals surface area contributed by atoms with E-state index in [-0.39, 0.29) is 20.3 Å². The van der Waals surface area contributed by atoms with Crippen LogP contribution in [0.15, 0.2) is 0 Å². The average Bonchev–Trinajstić information content (AvgIpc) is 2.04. The quantitative estimate of drug-likeness (QED) is 0.671. The molecule has 82 valence electrons. The molecule has 0 atom stereocenters. The predicted molar refractivity (Wildman–Crippen MR) is 52.1 cm³/mol. The Balaban J connectivity index is 0.00000169. The van der Waals surface area contributed by atoms with Crippen LogP contribution < -0.4 is 0 Å². The summed E-state index contributed by atoms with van der Waals surface area (Å²) in [6.07, 6.45) is 1.91. The fourth-order valence-electron chi connectivity index (χ4n) is 1.77. The summed E-state index contributed by atoms with van der Waals surface area (Å²) in [6.45, 7) is 2.02. The maximum Gasteiger partial charge on any atom is 0.321 e. The molecule has 0 radical (unpaired) electrons. The SMILES string of the molecule is C.CC1CCC(C(=O)O)(C(=O)O)CC1. The van der Waals surface area contributed by atoms with Crippen molar-refractivity contribution in [2.24, 2.45) is 11.3 Å². The third-order valence-electron chi connectivity index (χ3n) is 2.95. The van der Waals surface area contributed by atoms with E-state index in [9.17, 15) is 9.59 Å². The second-order valence-corrected chi connectivity index (χ2v) is 3.87. The maximum atomic E-state index is 10.8. The molecular formula is C10H18O4. The first kappa shape index (κ1) is 12.9. The van der Waals surface area contributed by atoms with E-state index in [4.69, 9.17) is 10.2 Å². The first-order chi connectivity index (χ1) is 5.99. The standard InChI is InChI=1S/C9H14O4.CH4/c1-6-2-4-9(5-3-6,7(10)11)8(12)13;/h6H,2-5H2,1H3,(H,10,11)(H,12,13);1H4. The number of rotatable bonds is 2. The van der Waals surface area contributed by atoms with Gasteiger partial charge < -0.3 is 10.2 Å². The second kappa shape index (κ2) is 4.44. The summed E-state index contributed by atoms with van der Waals surface area (Å²) in [5.41, 5.74) is -1.51. The zero-order valence-electron chi connectivity index (χ0n) is 7.62. The van der Waals surface area contributed by atoms with Gasteiger partial charge in [-0.25, -0.2) is 0 Å². The Morgan fingerprint density at radius 3 is 1.79 bits per heavy atom. The highest BCUT2D eigenvalue weighted by Gasteiger charge is 2.48. The van der Waals surface area contributed by atoms with Crippen LogP contribution in [0.5, 0.6) is 0 Å². The fraction of sp³-hybridized carbons (Fsp3) is 0.800. The van der Waals surface area contributed by atoms with Gasteiger partial charge in [0.2, 0.25) is 0 Å². The molecule has 1 aliphatic carbocycles. The lowest BCUT2D eigenvalue weighted by atomic mass is 9.71. The summed E-state index contributed by atoms with van der Waals surface area (Å²) < 4.78 is 0. The monoisotopic (exact) mass is 202 g/mol. The van der Waals surface area contributed by atoms with E-state index >= 15 is 0 Å². The second-order valence-electron chi connectivity index (χ2n) is 3.87. The van der Waals surface area contributed by atoms with Gasteiger partial charge in [-0.15, -0.1) is 0 Å². The molecule has 0 spiro atoms. The summed E-state index contributed by atoms with van der Waals surface area (Å²) >= 11 is 0. The average molecular weight is 202 g/mol. The third kappa shape index (κ3) is 2.05. The Hall–Kier alpha value is -1.06. The smallest absolute Gasteiger partial charge is 0.321 e. The van der Waals surface area contributed by atoms with Crippen LogP contribution >= 0.6 is 0 Å². The van der Waals surface area contributed by atoms with Crippen LogP contribution in [0.1, 0.15) is 40.0 Å². The topological polar surface area (TPSA) is 74.6 Å². The van der Waals surface area contributed by atoms with Gasteiger partial charge in [-0.2, -0.15) is 0 Å². The van der Waals surface area contributed by atoms with Crippen LogP contribution in [0.25, 0.3) is 0 Å². The van der Waals surface area contributed by atoms with E-state index < -0.39 is 17.4 Å². The van der Waals surface area contributed by atoms with Crippen LogP contribution in [0.4, 0.5) is 0 Å². The molecule has 0 aromatic carbocycles. The molecule has 4 heteroatoms. The van der Waals surface area contributed by atoms with Crippen molar-refractivity contribution in [2.45, 2.75) is 40.0 Å². The van der Waals surface area contributed by atoms with Gasteiger partial charge in [-0.05, 0) is 31.6 Å². The molecule has 14 heavy (non-hydrogen) atoms. The molecule has 0 saturated heterocycles. The van der Waals surface area contributed by atoms with Crippen molar-refractivity contribution in [2.75, 3.05) is 0 Å². The Morgan fingerprint density at radius 2 is 1.50 bits per heavy atom. The molecular weight excluding hydrogens is 184 g/mol. The summed E-state index contributed by atoms with van der Waals surface area (Å²) in [5.74, 6) is -1.93. The maximum absolute atomic E-state index is 10.8. The molecule has 1 rings (SSSR count). The van der Waals surface area contributed by atoms with Crippen LogP contribution in [-0.2, 0) is 9.59 Å². The summed E-state index contributed by atoms with van der Waals surface area (Å²) in [5, 5.41) is 17.7. The third-order valence-corrected chi connectivity index (χ3v) is 2.95. The van der Waals surface area contributed by atoms with Crippen molar-refractivity contribution in [1.29, 1.82) is 0 Å². The number of aliphatic carboxylic acids is 2. The lowest BCUT2D eigenvalue weighted by Crippen LogP contribution is -2.42. The minimum atomic E-state index is -1.51. The highest BCUT2D eigenvalue weighted by Crippen LogP contribution is 2.39. The number of carbonyl (C=O) groups is 2. The fourth-order valence-corrected chi connectivity index (χ4v) is 1.77. The summed E-state index contributed by atoms with van der Waals surface area (Å²) in [7, 11) is 0. The van der Waals surface area contributed by atoms with Gasteiger partial charge in [0.15, 0.2) is 5.41 Å². The summed E-state index contributed by atoms with van der Waals surface area (Å²) in [6, 6.07) is 0. The van der Waals surface area contributed by atoms with E-state index in [2.05, 4.69) is 0 Å². The van der Waals surface area contributed by atoms with Crippen molar-refractivity contribution in [3.8, 4) is 0 Å². The van der Waals surface area contributed by atoms with Crippen molar-refractivity contribution in [3.63, 3.8) is 0 Å². The van der Waals surface area contributed by atoms with Crippen molar-refractivity contribution >= 4 is 11.9 Å². The van der Waals surface area contributed by atoms with E-state index in [1.54, 1.807) is 0 Å². The molecule has 0 aromatic heterocycles. The Kier molecular flexibility index (Phi) is 4.10. The molecule has 0 heterocycles. The van der Waals surface area contributed by atoms with Gasteiger partial charge in [0.25, 0.3) is 0 Å². The zero-order valence-corrected chi connectivity index (χ0v) is 7.62. The van der Waals surface area contributed by atoms with Gasteiger partial charge in [0.1, 0.15) is 0 Å². The van der Waals surface area contributed by atoms with Crippen LogP contribution in [-0.4, -0.2) is 22.2 Å². The molecule has 0 bridgehead atoms. The predicted octanol–water partition coefficient (Wildman–Crippen LogP) is 1.99. The van der Waals surface area contributed by atoms with E-state index in [0.717, 1.165) is 0 Å². The van der Waals surface area contributed by atoms with E-state index in [0.29, 0.717) is 18.8 Å². The van der Waals surface area contributed by atoms with Crippen LogP contribution in [0.2, 0.25) is 0 Å². The van der Waals surface area contributed by atoms with Gasteiger partial charge in [-0.3, -0.25) is 9.59 Å². The number of carboxylic acids is 2. The normalized spacial score (nSPS) is 20.9. The summed E-state index contributed by atoms with van der Waals surface area (Å²) in [4.78, 5) is 21.7. The lowest BCUT2D eigenvalue weighted by Gasteiger charge is -2.31. The molecule has 1 saturated carbocycles. The molecule has 4 nitrogen and oxygen atoms in total. The highest BCUT2D eigenvalue weighted by atomic mass is 16.4. The molecule has 2 N–H and O–H groups in total. The van der Waals surface area contributed by atoms with Crippen LogP contribution in [0, 0.1) is 11.3 Å². The van der Waals surface area contributed by atoms with Crippen molar-refractivity contribution in [3.05, 3.63) is 0 Å². The molecule has 0 aliphatic heterocycles. The van der Waals surface area contributed by atoms with Crippen molar-refractivity contribution < 1.29 is 19.8 Å². The van der Waals surface area contributed by atoms with Gasteiger partial charge in [-0.1, -0.05) is 14.4 Å². The lowest BCUT2D eigenvalue weighted by molar-refractivity contribution is -0.167. The molecule has 0 aromatic rings. The zero-order chi connectivity index (χ0) is 10.1. The molecule has 0 unspecified atom stereocenters. The van der Waals surface area contributed by atoms with E-state index in [1.165, 1.54) is 0 Å². The minimum absolute atomic E-state index is 0. The molecule has 1 aliphatic rings. The number of hydrogen-bond donors (Lipinski definition) is 2. The first-order valence-corrected chi connectivity index (χ1v) is 4.46. The number of carboxylic acid groups (broad SMARTS) is 2. The minimum Gasteiger partial charge on any atom is -0.480 e. The van der Waals surface area contributed by atoms with Crippen LogP contribution in [0.3, 0.4) is 0 Å². The van der Waals surface area contributed by atoms with Crippen molar-refractivity contribution in [1.82, 2.24) is 0 Å². The largest absolute Gasteiger partial charge is 0.480 e.